The molecule has 0 fully saturated rings. The van der Waals surface area contributed by atoms with Crippen LogP contribution in [0.2, 0.25) is 0 Å². The van der Waals surface area contributed by atoms with Gasteiger partial charge in [-0.25, -0.2) is 0 Å². The minimum atomic E-state index is -0.833. The molecule has 0 aliphatic rings. The van der Waals surface area contributed by atoms with E-state index < -0.39 is 5.97 Å². The van der Waals surface area contributed by atoms with Gasteiger partial charge in [0.15, 0.2) is 0 Å². The summed E-state index contributed by atoms with van der Waals surface area (Å²) in [5, 5.41) is 7.42. The van der Waals surface area contributed by atoms with Crippen LogP contribution in [0, 0.1) is 0 Å². The molecule has 0 aliphatic carbocycles. The van der Waals surface area contributed by atoms with E-state index in [-0.39, 0.29) is 77.8 Å². The van der Waals surface area contributed by atoms with Crippen molar-refractivity contribution in [1.82, 2.24) is 0 Å². The predicted molar refractivity (Wildman–Crippen MR) is 18.0 cm³/mol. The number of carboxylic acids is 1. The Kier molecular flexibility index (Phi) is 52.2. The summed E-state index contributed by atoms with van der Waals surface area (Å²) in [5.74, 6) is -0.833. The number of hydrogen-bond donors (Lipinski definition) is 1. The van der Waals surface area contributed by atoms with E-state index in [0.717, 1.165) is 6.92 Å². The van der Waals surface area contributed by atoms with E-state index >= 15 is 0 Å². The van der Waals surface area contributed by atoms with Crippen LogP contribution in [0.4, 0.5) is 0 Å². The van der Waals surface area contributed by atoms with E-state index in [4.69, 9.17) is 9.90 Å². The smallest absolute Gasteiger partial charge is 1.00 e. The maximum absolute atomic E-state index is 9.00. The normalized spacial score (nSPS) is 3.57. The number of rotatable bonds is 0. The second-order valence-electron chi connectivity index (χ2n) is 0.519. The van der Waals surface area contributed by atoms with Gasteiger partial charge in [0.1, 0.15) is 0 Å². The van der Waals surface area contributed by atoms with Crippen molar-refractivity contribution in [1.29, 1.82) is 0 Å². The summed E-state index contributed by atoms with van der Waals surface area (Å²) in [7, 11) is 0. The molecule has 0 radical (unpaired) electrons. The van der Waals surface area contributed by atoms with Crippen molar-refractivity contribution in [2.45, 2.75) is 6.92 Å². The Morgan fingerprint density at radius 2 is 1.71 bits per heavy atom. The third-order valence-corrected chi connectivity index (χ3v) is 0. The van der Waals surface area contributed by atoms with Gasteiger partial charge < -0.3 is 12.0 Å². The Hall–Kier alpha value is 1.69. The molecule has 0 rings (SSSR count). The molecule has 0 spiro atoms. The van der Waals surface area contributed by atoms with Gasteiger partial charge in [0.2, 0.25) is 0 Å². The molecule has 0 aromatic carbocycles. The van der Waals surface area contributed by atoms with Crippen molar-refractivity contribution < 1.29 is 87.7 Å². The summed E-state index contributed by atoms with van der Waals surface area (Å²) in [6, 6.07) is 0. The van der Waals surface area contributed by atoms with E-state index in [1.54, 1.807) is 0 Å². The average molecular weight is 184 g/mol. The Bertz CT molecular complexity index is 40.3. The quantitative estimate of drug-likeness (QED) is 0.394. The molecule has 0 aliphatic heterocycles. The van der Waals surface area contributed by atoms with E-state index in [1.807, 2.05) is 0 Å². The van der Waals surface area contributed by atoms with Crippen molar-refractivity contribution in [3.05, 3.63) is 0 Å². The largest absolute Gasteiger partial charge is 1.00 e. The molecule has 0 aromatic rings. The topological polar surface area (TPSA) is 68.8 Å². The van der Waals surface area contributed by atoms with Gasteiger partial charge >= 0.3 is 51.4 Å². The van der Waals surface area contributed by atoms with Gasteiger partial charge in [-0.05, 0) is 0 Å². The predicted octanol–water partition coefficient (Wildman–Crippen LogP) is -3.62. The SMILES string of the molecule is CC(=O)O.O.[H-].[K+].[Zn]. The molecular weight excluding hydrogens is 177 g/mol. The second-order valence-corrected chi connectivity index (χ2v) is 0.519. The molecule has 0 bridgehead atoms. The molecule has 0 aromatic heterocycles. The molecule has 0 amide bonds. The Morgan fingerprint density at radius 1 is 1.71 bits per heavy atom. The van der Waals surface area contributed by atoms with Crippen LogP contribution in [0.15, 0.2) is 0 Å². The summed E-state index contributed by atoms with van der Waals surface area (Å²) in [4.78, 5) is 9.00. The van der Waals surface area contributed by atoms with Crippen LogP contribution in [0.3, 0.4) is 0 Å². The molecule has 7 heavy (non-hydrogen) atoms. The minimum absolute atomic E-state index is 0. The van der Waals surface area contributed by atoms with Gasteiger partial charge in [-0.15, -0.1) is 0 Å². The van der Waals surface area contributed by atoms with Crippen LogP contribution in [0.1, 0.15) is 8.35 Å². The molecule has 0 saturated carbocycles. The zero-order chi connectivity index (χ0) is 3.58. The van der Waals surface area contributed by atoms with Crippen LogP contribution in [-0.4, -0.2) is 16.6 Å². The fourth-order valence-corrected chi connectivity index (χ4v) is 0. The molecule has 5 heteroatoms. The summed E-state index contributed by atoms with van der Waals surface area (Å²) in [6.45, 7) is 1.08. The van der Waals surface area contributed by atoms with Gasteiger partial charge in [-0.1, -0.05) is 0 Å². The van der Waals surface area contributed by atoms with E-state index in [0.29, 0.717) is 0 Å². The minimum Gasteiger partial charge on any atom is -1.00 e. The first-order valence-corrected chi connectivity index (χ1v) is 0.928. The number of carbonyl (C=O) groups is 1. The van der Waals surface area contributed by atoms with Gasteiger partial charge in [0.25, 0.3) is 5.97 Å². The third-order valence-electron chi connectivity index (χ3n) is 0. The van der Waals surface area contributed by atoms with Gasteiger partial charge in [0, 0.05) is 26.4 Å². The van der Waals surface area contributed by atoms with Crippen LogP contribution < -0.4 is 51.4 Å². The number of aliphatic carboxylic acids is 1. The molecule has 3 nitrogen and oxygen atoms in total. The fraction of sp³-hybridized carbons (Fsp3) is 0.500. The standard InChI is InChI=1S/C2H4O2.K.H2O.Zn.H/c1-2(3)4;;;;/h1H3,(H,3,4);;1H2;;/q;+1;;;-1. The first-order valence-electron chi connectivity index (χ1n) is 0.928. The Morgan fingerprint density at radius 3 is 1.71 bits per heavy atom. The van der Waals surface area contributed by atoms with Crippen LogP contribution in [0.5, 0.6) is 0 Å². The van der Waals surface area contributed by atoms with Crippen LogP contribution >= 0.6 is 0 Å². The van der Waals surface area contributed by atoms with Crippen LogP contribution in [-0.2, 0) is 24.3 Å². The molecule has 0 unspecified atom stereocenters. The van der Waals surface area contributed by atoms with Crippen molar-refractivity contribution in [3.8, 4) is 0 Å². The van der Waals surface area contributed by atoms with Crippen molar-refractivity contribution in [2.24, 2.45) is 0 Å². The second kappa shape index (κ2) is 15.6. The van der Waals surface area contributed by atoms with Gasteiger partial charge in [-0.3, -0.25) is 4.79 Å². The summed E-state index contributed by atoms with van der Waals surface area (Å²) < 4.78 is 0. The summed E-state index contributed by atoms with van der Waals surface area (Å²) in [5.41, 5.74) is 0. The Balaban J connectivity index is -0.00000000750. The van der Waals surface area contributed by atoms with E-state index in [2.05, 4.69) is 0 Å². The number of carboxylic acid groups (broad SMARTS) is 1. The first-order chi connectivity index (χ1) is 1.73. The molecule has 0 saturated heterocycles. The van der Waals surface area contributed by atoms with Crippen molar-refractivity contribution in [3.63, 3.8) is 0 Å². The van der Waals surface area contributed by atoms with Crippen molar-refractivity contribution >= 4 is 5.97 Å². The van der Waals surface area contributed by atoms with E-state index in [1.165, 1.54) is 0 Å². The van der Waals surface area contributed by atoms with E-state index in [9.17, 15) is 0 Å². The van der Waals surface area contributed by atoms with Gasteiger partial charge in [0.05, 0.1) is 0 Å². The van der Waals surface area contributed by atoms with Crippen molar-refractivity contribution in [2.75, 3.05) is 0 Å². The third kappa shape index (κ3) is 87.2. The average Bonchev–Trinajstić information content (AvgIpc) is 0.811. The monoisotopic (exact) mass is 182 g/mol. The molecule has 3 N–H and O–H groups in total. The maximum Gasteiger partial charge on any atom is 1.00 e. The van der Waals surface area contributed by atoms with Gasteiger partial charge in [-0.2, -0.15) is 0 Å². The zero-order valence-corrected chi connectivity index (χ0v) is 10.7. The molecular formula is C2H7KO3Zn. The first kappa shape index (κ1) is 23.4. The zero-order valence-electron chi connectivity index (χ0n) is 5.56. The maximum atomic E-state index is 9.00. The molecule has 36 valence electrons. The summed E-state index contributed by atoms with van der Waals surface area (Å²) in [6.07, 6.45) is 0. The molecule has 0 heterocycles. The Labute approximate surface area is 98.8 Å². The number of hydrogen-bond acceptors (Lipinski definition) is 1. The summed E-state index contributed by atoms with van der Waals surface area (Å²) >= 11 is 0. The molecule has 0 atom stereocenters. The fourth-order valence-electron chi connectivity index (χ4n) is 0. The van der Waals surface area contributed by atoms with Crippen LogP contribution in [0.25, 0.3) is 0 Å².